The number of amidine groups is 1. The molecule has 3 aromatic rings. The number of benzene rings is 3. The molecule has 0 radical (unpaired) electrons. The average molecular weight is 402 g/mol. The van der Waals surface area contributed by atoms with Gasteiger partial charge in [0.2, 0.25) is 0 Å². The Labute approximate surface area is 177 Å². The molecule has 3 aromatic carbocycles. The highest BCUT2D eigenvalue weighted by atomic mass is 16.2. The van der Waals surface area contributed by atoms with Crippen LogP contribution in [0.3, 0.4) is 0 Å². The van der Waals surface area contributed by atoms with E-state index in [1.54, 1.807) is 24.3 Å². The fourth-order valence-corrected chi connectivity index (χ4v) is 3.22. The molecule has 0 saturated heterocycles. The van der Waals surface area contributed by atoms with Crippen LogP contribution in [0.4, 0.5) is 21.9 Å². The van der Waals surface area contributed by atoms with Gasteiger partial charge in [-0.1, -0.05) is 55.8 Å². The second kappa shape index (κ2) is 10.1. The van der Waals surface area contributed by atoms with Crippen molar-refractivity contribution in [2.45, 2.75) is 25.8 Å². The molecule has 0 fully saturated rings. The van der Waals surface area contributed by atoms with Crippen LogP contribution in [0.2, 0.25) is 0 Å². The summed E-state index contributed by atoms with van der Waals surface area (Å²) in [5.74, 6) is -0.00828. The minimum atomic E-state index is -0.341. The van der Waals surface area contributed by atoms with Crippen LogP contribution in [0.25, 0.3) is 0 Å². The van der Waals surface area contributed by atoms with Crippen molar-refractivity contribution in [3.05, 3.63) is 90.0 Å². The first kappa shape index (κ1) is 20.9. The number of para-hydroxylation sites is 2. The molecule has 2 amide bonds. The van der Waals surface area contributed by atoms with Crippen LogP contribution in [0.1, 0.15) is 36.9 Å². The summed E-state index contributed by atoms with van der Waals surface area (Å²) in [7, 11) is 0. The number of amides is 2. The molecule has 0 heterocycles. The molecular formula is C24H27N5O. The van der Waals surface area contributed by atoms with Crippen LogP contribution < -0.4 is 21.7 Å². The van der Waals surface area contributed by atoms with Crippen molar-refractivity contribution in [2.75, 3.05) is 16.0 Å². The summed E-state index contributed by atoms with van der Waals surface area (Å²) in [5, 5.41) is 16.7. The maximum absolute atomic E-state index is 12.5. The van der Waals surface area contributed by atoms with Crippen molar-refractivity contribution in [3.63, 3.8) is 0 Å². The highest BCUT2D eigenvalue weighted by Crippen LogP contribution is 2.29. The Morgan fingerprint density at radius 3 is 2.17 bits per heavy atom. The van der Waals surface area contributed by atoms with E-state index in [0.717, 1.165) is 18.5 Å². The number of carbonyl (C=O) groups is 1. The molecule has 6 nitrogen and oxygen atoms in total. The molecule has 6 N–H and O–H groups in total. The van der Waals surface area contributed by atoms with Gasteiger partial charge in [-0.15, -0.1) is 0 Å². The number of nitrogen functional groups attached to an aromatic ring is 1. The Morgan fingerprint density at radius 2 is 1.53 bits per heavy atom. The highest BCUT2D eigenvalue weighted by molar-refractivity contribution is 6.02. The van der Waals surface area contributed by atoms with Gasteiger partial charge in [-0.25, -0.2) is 4.79 Å². The van der Waals surface area contributed by atoms with Gasteiger partial charge < -0.3 is 21.7 Å². The van der Waals surface area contributed by atoms with Crippen molar-refractivity contribution in [2.24, 2.45) is 5.73 Å². The summed E-state index contributed by atoms with van der Waals surface area (Å²) in [6, 6.07) is 24.6. The summed E-state index contributed by atoms with van der Waals surface area (Å²) in [6.07, 6.45) is 2.02. The SMILES string of the molecule is CCC[C@H](Nc1ccccc1NC(=O)Nc1ccc(C(=N)N)cc1)c1ccccc1. The quantitative estimate of drug-likeness (QED) is 0.252. The van der Waals surface area contributed by atoms with Crippen LogP contribution in [-0.4, -0.2) is 11.9 Å². The summed E-state index contributed by atoms with van der Waals surface area (Å²) >= 11 is 0. The van der Waals surface area contributed by atoms with E-state index in [1.807, 2.05) is 42.5 Å². The fraction of sp³-hybridized carbons (Fsp3) is 0.167. The molecule has 0 aliphatic heterocycles. The number of rotatable bonds is 8. The van der Waals surface area contributed by atoms with E-state index in [9.17, 15) is 4.79 Å². The number of anilines is 3. The van der Waals surface area contributed by atoms with E-state index in [1.165, 1.54) is 5.56 Å². The topological polar surface area (TPSA) is 103 Å². The summed E-state index contributed by atoms with van der Waals surface area (Å²) < 4.78 is 0. The van der Waals surface area contributed by atoms with E-state index in [0.29, 0.717) is 16.9 Å². The number of urea groups is 1. The third-order valence-corrected chi connectivity index (χ3v) is 4.74. The zero-order valence-electron chi connectivity index (χ0n) is 17.0. The smallest absolute Gasteiger partial charge is 0.323 e. The van der Waals surface area contributed by atoms with Crippen LogP contribution in [0.15, 0.2) is 78.9 Å². The maximum Gasteiger partial charge on any atom is 0.323 e. The molecule has 6 heteroatoms. The molecule has 1 atom stereocenters. The van der Waals surface area contributed by atoms with Crippen LogP contribution >= 0.6 is 0 Å². The van der Waals surface area contributed by atoms with Crippen molar-refractivity contribution < 1.29 is 4.79 Å². The minimum absolute atomic E-state index is 0.00828. The molecular weight excluding hydrogens is 374 g/mol. The average Bonchev–Trinajstić information content (AvgIpc) is 2.75. The highest BCUT2D eigenvalue weighted by Gasteiger charge is 2.13. The maximum atomic E-state index is 12.5. The van der Waals surface area contributed by atoms with Gasteiger partial charge in [0.25, 0.3) is 0 Å². The second-order valence-electron chi connectivity index (χ2n) is 7.01. The minimum Gasteiger partial charge on any atom is -0.384 e. The van der Waals surface area contributed by atoms with Gasteiger partial charge in [-0.2, -0.15) is 0 Å². The van der Waals surface area contributed by atoms with E-state index in [4.69, 9.17) is 11.1 Å². The Balaban J connectivity index is 1.71. The Bertz CT molecular complexity index is 986. The molecule has 0 aromatic heterocycles. The third-order valence-electron chi connectivity index (χ3n) is 4.74. The van der Waals surface area contributed by atoms with E-state index >= 15 is 0 Å². The van der Waals surface area contributed by atoms with E-state index in [-0.39, 0.29) is 17.9 Å². The lowest BCUT2D eigenvalue weighted by molar-refractivity contribution is 0.262. The lowest BCUT2D eigenvalue weighted by atomic mass is 10.0. The van der Waals surface area contributed by atoms with Gasteiger partial charge in [0, 0.05) is 11.3 Å². The van der Waals surface area contributed by atoms with Gasteiger partial charge in [0.15, 0.2) is 0 Å². The third kappa shape index (κ3) is 5.61. The van der Waals surface area contributed by atoms with Gasteiger partial charge in [0.1, 0.15) is 5.84 Å². The van der Waals surface area contributed by atoms with Crippen molar-refractivity contribution >= 4 is 28.9 Å². The molecule has 0 saturated carbocycles. The van der Waals surface area contributed by atoms with Crippen LogP contribution in [0.5, 0.6) is 0 Å². The monoisotopic (exact) mass is 401 g/mol. The van der Waals surface area contributed by atoms with Crippen LogP contribution in [0, 0.1) is 5.41 Å². The predicted molar refractivity (Wildman–Crippen MR) is 124 cm³/mol. The van der Waals surface area contributed by atoms with Crippen molar-refractivity contribution in [1.82, 2.24) is 0 Å². The molecule has 0 unspecified atom stereocenters. The second-order valence-corrected chi connectivity index (χ2v) is 7.01. The molecule has 0 spiro atoms. The molecule has 0 aliphatic carbocycles. The first-order chi connectivity index (χ1) is 14.6. The van der Waals surface area contributed by atoms with Crippen LogP contribution in [-0.2, 0) is 0 Å². The molecule has 3 rings (SSSR count). The summed E-state index contributed by atoms with van der Waals surface area (Å²) in [5.41, 5.74) is 9.47. The Morgan fingerprint density at radius 1 is 0.900 bits per heavy atom. The lowest BCUT2D eigenvalue weighted by Gasteiger charge is -2.22. The zero-order chi connectivity index (χ0) is 21.3. The number of hydrogen-bond donors (Lipinski definition) is 5. The van der Waals surface area contributed by atoms with E-state index in [2.05, 4.69) is 35.0 Å². The largest absolute Gasteiger partial charge is 0.384 e. The van der Waals surface area contributed by atoms with Gasteiger partial charge in [-0.05, 0) is 48.4 Å². The fourth-order valence-electron chi connectivity index (χ4n) is 3.22. The van der Waals surface area contributed by atoms with Gasteiger partial charge in [-0.3, -0.25) is 5.41 Å². The first-order valence-corrected chi connectivity index (χ1v) is 9.99. The van der Waals surface area contributed by atoms with Gasteiger partial charge in [0.05, 0.1) is 17.4 Å². The normalized spacial score (nSPS) is 11.4. The molecule has 154 valence electrons. The molecule has 0 aliphatic rings. The molecule has 0 bridgehead atoms. The number of hydrogen-bond acceptors (Lipinski definition) is 3. The zero-order valence-corrected chi connectivity index (χ0v) is 17.0. The lowest BCUT2D eigenvalue weighted by Crippen LogP contribution is -2.21. The Hall–Kier alpha value is -3.80. The predicted octanol–water partition coefficient (Wildman–Crippen LogP) is 5.57. The van der Waals surface area contributed by atoms with E-state index < -0.39 is 0 Å². The van der Waals surface area contributed by atoms with Crippen molar-refractivity contribution in [3.8, 4) is 0 Å². The van der Waals surface area contributed by atoms with Gasteiger partial charge >= 0.3 is 6.03 Å². The number of nitrogens with two attached hydrogens (primary N) is 1. The summed E-state index contributed by atoms with van der Waals surface area (Å²) in [6.45, 7) is 2.16. The number of carbonyl (C=O) groups excluding carboxylic acids is 1. The standard InChI is InChI=1S/C24H27N5O/c1-2-8-20(17-9-4-3-5-10-17)28-21-11-6-7-12-22(21)29-24(30)27-19-15-13-18(14-16-19)23(25)26/h3-7,9-16,20,28H,2,8H2,1H3,(H3,25,26)(H2,27,29,30)/t20-/m0/s1. The summed E-state index contributed by atoms with van der Waals surface area (Å²) in [4.78, 5) is 12.5. The Kier molecular flexibility index (Phi) is 7.05. The van der Waals surface area contributed by atoms with Crippen molar-refractivity contribution in [1.29, 1.82) is 5.41 Å². The first-order valence-electron chi connectivity index (χ1n) is 9.99. The molecule has 30 heavy (non-hydrogen) atoms. The number of nitrogens with one attached hydrogen (secondary N) is 4.